The molecule has 7 heteroatoms. The topological polar surface area (TPSA) is 86.0 Å². The molecule has 1 N–H and O–H groups in total. The van der Waals surface area contributed by atoms with Crippen LogP contribution in [0.1, 0.15) is 26.3 Å². The van der Waals surface area contributed by atoms with Crippen LogP contribution in [-0.4, -0.2) is 25.6 Å². The molecule has 2 heterocycles. The second-order valence-corrected chi connectivity index (χ2v) is 7.73. The third-order valence-electron chi connectivity index (χ3n) is 4.27. The van der Waals surface area contributed by atoms with Crippen molar-refractivity contribution >= 4 is 16.9 Å². The lowest BCUT2D eigenvalue weighted by atomic mass is 10.1. The molecule has 3 rings (SSSR count). The van der Waals surface area contributed by atoms with Crippen molar-refractivity contribution in [3.63, 3.8) is 0 Å². The fourth-order valence-corrected chi connectivity index (χ4v) is 3.08. The highest BCUT2D eigenvalue weighted by Gasteiger charge is 2.19. The Balaban J connectivity index is 2.03. The van der Waals surface area contributed by atoms with E-state index in [1.165, 1.54) is 10.8 Å². The fourth-order valence-electron chi connectivity index (χ4n) is 3.08. The van der Waals surface area contributed by atoms with Crippen molar-refractivity contribution in [2.45, 2.75) is 45.8 Å². The first-order valence-corrected chi connectivity index (χ1v) is 9.19. The average molecular weight is 380 g/mol. The van der Waals surface area contributed by atoms with E-state index >= 15 is 0 Å². The van der Waals surface area contributed by atoms with Gasteiger partial charge in [-0.15, -0.1) is 0 Å². The molecule has 0 aliphatic rings. The van der Waals surface area contributed by atoms with E-state index in [0.29, 0.717) is 11.9 Å². The van der Waals surface area contributed by atoms with Gasteiger partial charge < -0.3 is 5.32 Å². The number of aryl methyl sites for hydroxylation is 1. The van der Waals surface area contributed by atoms with Crippen LogP contribution >= 0.6 is 0 Å². The Morgan fingerprint density at radius 1 is 1.04 bits per heavy atom. The highest BCUT2D eigenvalue weighted by Crippen LogP contribution is 2.06. The van der Waals surface area contributed by atoms with E-state index in [9.17, 15) is 14.4 Å². The Morgan fingerprint density at radius 2 is 1.75 bits per heavy atom. The van der Waals surface area contributed by atoms with E-state index in [0.717, 1.165) is 10.1 Å². The molecular formula is C21H24N4O3. The van der Waals surface area contributed by atoms with Gasteiger partial charge in [0.25, 0.3) is 5.56 Å². The maximum Gasteiger partial charge on any atom is 0.332 e. The van der Waals surface area contributed by atoms with Crippen LogP contribution in [0, 0.1) is 0 Å². The van der Waals surface area contributed by atoms with Gasteiger partial charge in [0.2, 0.25) is 5.91 Å². The zero-order valence-electron chi connectivity index (χ0n) is 16.3. The van der Waals surface area contributed by atoms with Crippen molar-refractivity contribution < 1.29 is 4.79 Å². The number of rotatable bonds is 5. The summed E-state index contributed by atoms with van der Waals surface area (Å²) in [5, 5.41) is 2.85. The Hall–Kier alpha value is -3.22. The standard InChI is InChI=1S/C21H24N4O3/c1-21(2,3)23-17(26)14-25-16-10-7-12-22-18(16)19(27)24(20(25)28)13-11-15-8-5-4-6-9-15/h4-10,12H,11,13-14H2,1-3H3,(H,23,26). The molecule has 1 amide bonds. The van der Waals surface area contributed by atoms with Gasteiger partial charge in [0.15, 0.2) is 5.52 Å². The molecule has 0 unspecified atom stereocenters. The van der Waals surface area contributed by atoms with E-state index in [1.54, 1.807) is 12.1 Å². The van der Waals surface area contributed by atoms with Gasteiger partial charge >= 0.3 is 5.69 Å². The van der Waals surface area contributed by atoms with Crippen LogP contribution in [0.25, 0.3) is 11.0 Å². The molecule has 0 saturated carbocycles. The van der Waals surface area contributed by atoms with E-state index in [-0.39, 0.29) is 24.5 Å². The van der Waals surface area contributed by atoms with Crippen LogP contribution in [0.3, 0.4) is 0 Å². The average Bonchev–Trinajstić information content (AvgIpc) is 2.64. The highest BCUT2D eigenvalue weighted by molar-refractivity contribution is 5.80. The molecule has 0 spiro atoms. The van der Waals surface area contributed by atoms with Gasteiger partial charge in [0, 0.05) is 18.3 Å². The smallest absolute Gasteiger partial charge is 0.332 e. The number of pyridine rings is 1. The van der Waals surface area contributed by atoms with Gasteiger partial charge in [0.1, 0.15) is 6.54 Å². The largest absolute Gasteiger partial charge is 0.350 e. The van der Waals surface area contributed by atoms with Crippen molar-refractivity contribution in [1.29, 1.82) is 0 Å². The fraction of sp³-hybridized carbons (Fsp3) is 0.333. The number of nitrogens with zero attached hydrogens (tertiary/aromatic N) is 3. The molecule has 1 aromatic carbocycles. The quantitative estimate of drug-likeness (QED) is 0.730. The lowest BCUT2D eigenvalue weighted by Crippen LogP contribution is -2.46. The normalized spacial score (nSPS) is 11.5. The summed E-state index contributed by atoms with van der Waals surface area (Å²) in [6.45, 7) is 5.65. The number of carbonyl (C=O) groups is 1. The summed E-state index contributed by atoms with van der Waals surface area (Å²) in [6.07, 6.45) is 2.04. The van der Waals surface area contributed by atoms with Gasteiger partial charge in [-0.25, -0.2) is 9.78 Å². The van der Waals surface area contributed by atoms with Gasteiger partial charge in [-0.05, 0) is 44.9 Å². The first-order chi connectivity index (χ1) is 13.3. The number of amides is 1. The minimum absolute atomic E-state index is 0.177. The SMILES string of the molecule is CC(C)(C)NC(=O)Cn1c(=O)n(CCc2ccccc2)c(=O)c2ncccc21. The molecule has 0 fully saturated rings. The Kier molecular flexibility index (Phi) is 5.44. The first-order valence-electron chi connectivity index (χ1n) is 9.19. The number of hydrogen-bond acceptors (Lipinski definition) is 4. The highest BCUT2D eigenvalue weighted by atomic mass is 16.2. The number of aromatic nitrogens is 3. The maximum atomic E-state index is 13.0. The Labute approximate surface area is 162 Å². The van der Waals surface area contributed by atoms with Crippen molar-refractivity contribution in [2.75, 3.05) is 0 Å². The zero-order valence-corrected chi connectivity index (χ0v) is 16.3. The summed E-state index contributed by atoms with van der Waals surface area (Å²) >= 11 is 0. The molecule has 0 atom stereocenters. The molecule has 3 aromatic rings. The van der Waals surface area contributed by atoms with Gasteiger partial charge in [-0.1, -0.05) is 30.3 Å². The number of fused-ring (bicyclic) bond motifs is 1. The predicted octanol–water partition coefficient (Wildman–Crippen LogP) is 1.72. The van der Waals surface area contributed by atoms with Gasteiger partial charge in [-0.3, -0.25) is 18.7 Å². The van der Waals surface area contributed by atoms with Crippen LogP contribution in [0.15, 0.2) is 58.3 Å². The molecule has 0 aliphatic heterocycles. The monoisotopic (exact) mass is 380 g/mol. The second kappa shape index (κ2) is 7.80. The summed E-state index contributed by atoms with van der Waals surface area (Å²) in [6, 6.07) is 12.9. The molecule has 0 radical (unpaired) electrons. The Bertz CT molecular complexity index is 1110. The lowest BCUT2D eigenvalue weighted by molar-refractivity contribution is -0.123. The molecular weight excluding hydrogens is 356 g/mol. The predicted molar refractivity (Wildman–Crippen MR) is 108 cm³/mol. The van der Waals surface area contributed by atoms with E-state index in [4.69, 9.17) is 0 Å². The summed E-state index contributed by atoms with van der Waals surface area (Å²) in [4.78, 5) is 42.4. The maximum absolute atomic E-state index is 13.0. The van der Waals surface area contributed by atoms with Crippen LogP contribution in [0.2, 0.25) is 0 Å². The first kappa shape index (κ1) is 19.5. The lowest BCUT2D eigenvalue weighted by Gasteiger charge is -2.21. The van der Waals surface area contributed by atoms with Crippen molar-refractivity contribution in [2.24, 2.45) is 0 Å². The molecule has 0 saturated heterocycles. The van der Waals surface area contributed by atoms with Crippen molar-refractivity contribution in [3.05, 3.63) is 75.1 Å². The van der Waals surface area contributed by atoms with Crippen LogP contribution in [0.4, 0.5) is 0 Å². The zero-order chi connectivity index (χ0) is 20.3. The molecule has 0 aliphatic carbocycles. The number of nitrogens with one attached hydrogen (secondary N) is 1. The van der Waals surface area contributed by atoms with Crippen LogP contribution < -0.4 is 16.6 Å². The molecule has 7 nitrogen and oxygen atoms in total. The summed E-state index contributed by atoms with van der Waals surface area (Å²) in [7, 11) is 0. The molecule has 146 valence electrons. The van der Waals surface area contributed by atoms with Crippen molar-refractivity contribution in [1.82, 2.24) is 19.4 Å². The van der Waals surface area contributed by atoms with Crippen molar-refractivity contribution in [3.8, 4) is 0 Å². The minimum Gasteiger partial charge on any atom is -0.350 e. The summed E-state index contributed by atoms with van der Waals surface area (Å²) < 4.78 is 2.47. The molecule has 0 bridgehead atoms. The van der Waals surface area contributed by atoms with E-state index < -0.39 is 16.8 Å². The van der Waals surface area contributed by atoms with Crippen LogP contribution in [-0.2, 0) is 24.3 Å². The molecule has 28 heavy (non-hydrogen) atoms. The summed E-state index contributed by atoms with van der Waals surface area (Å²) in [5.41, 5.74) is 0.189. The second-order valence-electron chi connectivity index (χ2n) is 7.73. The van der Waals surface area contributed by atoms with E-state index in [2.05, 4.69) is 10.3 Å². The summed E-state index contributed by atoms with van der Waals surface area (Å²) in [5.74, 6) is -0.298. The minimum atomic E-state index is -0.509. The van der Waals surface area contributed by atoms with E-state index in [1.807, 2.05) is 51.1 Å². The number of carbonyl (C=O) groups excluding carboxylic acids is 1. The third-order valence-corrected chi connectivity index (χ3v) is 4.27. The third kappa shape index (κ3) is 4.36. The molecule has 2 aromatic heterocycles. The van der Waals surface area contributed by atoms with Gasteiger partial charge in [0.05, 0.1) is 5.52 Å². The number of benzene rings is 1. The van der Waals surface area contributed by atoms with Crippen LogP contribution in [0.5, 0.6) is 0 Å². The van der Waals surface area contributed by atoms with Gasteiger partial charge in [-0.2, -0.15) is 0 Å². The Morgan fingerprint density at radius 3 is 2.43 bits per heavy atom. The number of hydrogen-bond donors (Lipinski definition) is 1.